The third-order valence-electron chi connectivity index (χ3n) is 3.29. The summed E-state index contributed by atoms with van der Waals surface area (Å²) in [5.41, 5.74) is 0.455. The van der Waals surface area contributed by atoms with E-state index in [2.05, 4.69) is 10.6 Å². The summed E-state index contributed by atoms with van der Waals surface area (Å²) in [5.74, 6) is -1.18. The number of hydrogen-bond donors (Lipinski definition) is 3. The largest absolute Gasteiger partial charge is 0.479 e. The Bertz CT molecular complexity index is 576. The second-order valence-corrected chi connectivity index (χ2v) is 5.61. The first kappa shape index (κ1) is 16.2. The first-order chi connectivity index (χ1) is 10.5. The molecular formula is C14H17N3O4S. The number of carboxylic acid groups (broad SMARTS) is 1. The summed E-state index contributed by atoms with van der Waals surface area (Å²) in [6.07, 6.45) is 2.56. The van der Waals surface area contributed by atoms with Crippen LogP contribution in [0.5, 0.6) is 0 Å². The molecule has 0 radical (unpaired) electrons. The molecule has 118 valence electrons. The maximum absolute atomic E-state index is 12.1. The minimum atomic E-state index is -1.20. The van der Waals surface area contributed by atoms with Gasteiger partial charge in [-0.05, 0) is 30.4 Å². The van der Waals surface area contributed by atoms with Crippen molar-refractivity contribution in [1.82, 2.24) is 15.5 Å². The van der Waals surface area contributed by atoms with E-state index in [-0.39, 0.29) is 6.54 Å². The van der Waals surface area contributed by atoms with Gasteiger partial charge in [0.15, 0.2) is 6.04 Å². The zero-order valence-corrected chi connectivity index (χ0v) is 12.9. The minimum Gasteiger partial charge on any atom is -0.479 e. The fraction of sp³-hybridized carbons (Fsp3) is 0.357. The monoisotopic (exact) mass is 323 g/mol. The zero-order chi connectivity index (χ0) is 16.1. The number of carboxylic acids is 1. The standard InChI is InChI=1S/C14H17N3O4S/c1-22-10-5-3-9(4-6-10)11(12(18)19)16-14(21)17-8-2-7-15-13(17)20/h3-6,11H,2,7-8H2,1H3,(H,15,20)(H,16,21)(H,18,19). The predicted octanol–water partition coefficient (Wildman–Crippen LogP) is 1.66. The lowest BCUT2D eigenvalue weighted by Gasteiger charge is -2.27. The molecule has 4 amide bonds. The molecule has 1 aromatic rings. The molecule has 7 nitrogen and oxygen atoms in total. The number of carbonyl (C=O) groups is 3. The molecular weight excluding hydrogens is 306 g/mol. The molecule has 1 heterocycles. The highest BCUT2D eigenvalue weighted by Crippen LogP contribution is 2.20. The van der Waals surface area contributed by atoms with Crippen molar-refractivity contribution in [1.29, 1.82) is 0 Å². The molecule has 1 aliphatic heterocycles. The molecule has 0 spiro atoms. The lowest BCUT2D eigenvalue weighted by molar-refractivity contribution is -0.139. The maximum atomic E-state index is 12.1. The van der Waals surface area contributed by atoms with E-state index in [1.54, 1.807) is 24.3 Å². The third-order valence-corrected chi connectivity index (χ3v) is 4.03. The number of rotatable bonds is 4. The molecule has 1 atom stereocenters. The summed E-state index contributed by atoms with van der Waals surface area (Å²) >= 11 is 1.54. The summed E-state index contributed by atoms with van der Waals surface area (Å²) < 4.78 is 0. The van der Waals surface area contributed by atoms with E-state index in [0.29, 0.717) is 18.5 Å². The molecule has 22 heavy (non-hydrogen) atoms. The highest BCUT2D eigenvalue weighted by Gasteiger charge is 2.29. The zero-order valence-electron chi connectivity index (χ0n) is 12.0. The Morgan fingerprint density at radius 1 is 1.36 bits per heavy atom. The number of nitrogens with one attached hydrogen (secondary N) is 2. The number of thioether (sulfide) groups is 1. The van der Waals surface area contributed by atoms with E-state index < -0.39 is 24.1 Å². The molecule has 3 N–H and O–H groups in total. The average molecular weight is 323 g/mol. The second-order valence-electron chi connectivity index (χ2n) is 4.73. The number of carbonyl (C=O) groups excluding carboxylic acids is 2. The highest BCUT2D eigenvalue weighted by atomic mass is 32.2. The molecule has 0 saturated carbocycles. The number of hydrogen-bond acceptors (Lipinski definition) is 4. The van der Waals surface area contributed by atoms with Gasteiger partial charge >= 0.3 is 18.0 Å². The van der Waals surface area contributed by atoms with Crippen LogP contribution in [0.25, 0.3) is 0 Å². The van der Waals surface area contributed by atoms with Gasteiger partial charge in [0.05, 0.1) is 0 Å². The molecule has 1 saturated heterocycles. The van der Waals surface area contributed by atoms with Crippen LogP contribution in [0.2, 0.25) is 0 Å². The number of imide groups is 1. The Balaban J connectivity index is 2.12. The number of aliphatic carboxylic acids is 1. The number of nitrogens with zero attached hydrogens (tertiary/aromatic N) is 1. The van der Waals surface area contributed by atoms with Gasteiger partial charge in [-0.2, -0.15) is 0 Å². The van der Waals surface area contributed by atoms with Gasteiger partial charge in [-0.25, -0.2) is 19.3 Å². The molecule has 0 aromatic heterocycles. The van der Waals surface area contributed by atoms with E-state index in [1.165, 1.54) is 11.8 Å². The summed E-state index contributed by atoms with van der Waals surface area (Å²) in [6, 6.07) is 4.47. The van der Waals surface area contributed by atoms with Gasteiger partial charge in [-0.15, -0.1) is 11.8 Å². The van der Waals surface area contributed by atoms with Gasteiger partial charge in [0.25, 0.3) is 0 Å². The molecule has 0 aliphatic carbocycles. The normalized spacial score (nSPS) is 15.9. The molecule has 2 rings (SSSR count). The number of amides is 4. The van der Waals surface area contributed by atoms with Crippen LogP contribution >= 0.6 is 11.8 Å². The van der Waals surface area contributed by atoms with Crippen LogP contribution in [0.4, 0.5) is 9.59 Å². The Morgan fingerprint density at radius 3 is 2.59 bits per heavy atom. The van der Waals surface area contributed by atoms with Gasteiger partial charge in [0.2, 0.25) is 0 Å². The van der Waals surface area contributed by atoms with Crippen molar-refractivity contribution >= 4 is 29.8 Å². The number of urea groups is 2. The first-order valence-electron chi connectivity index (χ1n) is 6.75. The van der Waals surface area contributed by atoms with Gasteiger partial charge < -0.3 is 15.7 Å². The predicted molar refractivity (Wildman–Crippen MR) is 81.9 cm³/mol. The summed E-state index contributed by atoms with van der Waals surface area (Å²) in [7, 11) is 0. The molecule has 1 aliphatic rings. The van der Waals surface area contributed by atoms with E-state index in [4.69, 9.17) is 0 Å². The van der Waals surface area contributed by atoms with Gasteiger partial charge in [-0.1, -0.05) is 12.1 Å². The van der Waals surface area contributed by atoms with Crippen LogP contribution in [0, 0.1) is 0 Å². The van der Waals surface area contributed by atoms with Crippen molar-refractivity contribution in [3.63, 3.8) is 0 Å². The first-order valence-corrected chi connectivity index (χ1v) is 7.98. The fourth-order valence-electron chi connectivity index (χ4n) is 2.11. The average Bonchev–Trinajstić information content (AvgIpc) is 2.52. The summed E-state index contributed by atoms with van der Waals surface area (Å²) in [4.78, 5) is 37.1. The minimum absolute atomic E-state index is 0.273. The Kier molecular flexibility index (Phi) is 5.26. The molecule has 0 bridgehead atoms. The maximum Gasteiger partial charge on any atom is 0.330 e. The van der Waals surface area contributed by atoms with Crippen molar-refractivity contribution in [3.05, 3.63) is 29.8 Å². The van der Waals surface area contributed by atoms with Crippen LogP contribution in [0.15, 0.2) is 29.2 Å². The van der Waals surface area contributed by atoms with Crippen LogP contribution < -0.4 is 10.6 Å². The topological polar surface area (TPSA) is 98.7 Å². The molecule has 8 heteroatoms. The van der Waals surface area contributed by atoms with Crippen LogP contribution in [0.1, 0.15) is 18.0 Å². The lowest BCUT2D eigenvalue weighted by atomic mass is 10.1. The van der Waals surface area contributed by atoms with Gasteiger partial charge in [0.1, 0.15) is 0 Å². The number of benzene rings is 1. The van der Waals surface area contributed by atoms with Crippen LogP contribution in [-0.4, -0.2) is 47.4 Å². The van der Waals surface area contributed by atoms with Crippen molar-refractivity contribution in [2.24, 2.45) is 0 Å². The van der Waals surface area contributed by atoms with Crippen molar-refractivity contribution < 1.29 is 19.5 Å². The highest BCUT2D eigenvalue weighted by molar-refractivity contribution is 7.98. The Hall–Kier alpha value is -2.22. The van der Waals surface area contributed by atoms with E-state index in [1.807, 2.05) is 6.26 Å². The third kappa shape index (κ3) is 3.70. The van der Waals surface area contributed by atoms with E-state index >= 15 is 0 Å². The van der Waals surface area contributed by atoms with Gasteiger partial charge in [0, 0.05) is 18.0 Å². The quantitative estimate of drug-likeness (QED) is 0.732. The SMILES string of the molecule is CSc1ccc(C(NC(=O)N2CCCNC2=O)C(=O)O)cc1. The van der Waals surface area contributed by atoms with Crippen LogP contribution in [-0.2, 0) is 4.79 Å². The van der Waals surface area contributed by atoms with E-state index in [0.717, 1.165) is 9.80 Å². The molecule has 1 fully saturated rings. The molecule has 1 unspecified atom stereocenters. The smallest absolute Gasteiger partial charge is 0.330 e. The lowest BCUT2D eigenvalue weighted by Crippen LogP contribution is -2.53. The van der Waals surface area contributed by atoms with Gasteiger partial charge in [-0.3, -0.25) is 0 Å². The molecule has 1 aromatic carbocycles. The summed E-state index contributed by atoms with van der Waals surface area (Å²) in [5, 5.41) is 14.3. The summed E-state index contributed by atoms with van der Waals surface area (Å²) in [6.45, 7) is 0.788. The Morgan fingerprint density at radius 2 is 2.05 bits per heavy atom. The Labute approximate surface area is 132 Å². The van der Waals surface area contributed by atoms with Crippen molar-refractivity contribution in [3.8, 4) is 0 Å². The van der Waals surface area contributed by atoms with E-state index in [9.17, 15) is 19.5 Å². The van der Waals surface area contributed by atoms with Crippen molar-refractivity contribution in [2.75, 3.05) is 19.3 Å². The second kappa shape index (κ2) is 7.17. The fourth-order valence-corrected chi connectivity index (χ4v) is 2.52. The van der Waals surface area contributed by atoms with Crippen molar-refractivity contribution in [2.45, 2.75) is 17.4 Å². The van der Waals surface area contributed by atoms with Crippen LogP contribution in [0.3, 0.4) is 0 Å².